The van der Waals surface area contributed by atoms with E-state index < -0.39 is 10.0 Å². The number of piperidine rings is 1. The number of nitrogens with zero attached hydrogens (tertiary/aromatic N) is 5. The number of pyridine rings is 1. The molecule has 3 aromatic rings. The number of carbonyl (C=O) groups is 1. The highest BCUT2D eigenvalue weighted by molar-refractivity contribution is 7.89. The minimum Gasteiger partial charge on any atom is -0.346 e. The van der Waals surface area contributed by atoms with Crippen LogP contribution in [0.15, 0.2) is 41.8 Å². The number of hydrogen-bond donors (Lipinski definition) is 1. The van der Waals surface area contributed by atoms with E-state index in [2.05, 4.69) is 27.1 Å². The van der Waals surface area contributed by atoms with Gasteiger partial charge in [-0.3, -0.25) is 4.79 Å². The Morgan fingerprint density at radius 3 is 2.67 bits per heavy atom. The van der Waals surface area contributed by atoms with Crippen molar-refractivity contribution in [1.82, 2.24) is 28.7 Å². The Morgan fingerprint density at radius 2 is 2.00 bits per heavy atom. The van der Waals surface area contributed by atoms with E-state index in [1.165, 1.54) is 9.88 Å². The van der Waals surface area contributed by atoms with Crippen molar-refractivity contribution in [3.05, 3.63) is 48.2 Å². The lowest BCUT2D eigenvalue weighted by atomic mass is 9.94. The number of imidazole rings is 1. The van der Waals surface area contributed by atoms with Crippen LogP contribution in [0.3, 0.4) is 0 Å². The van der Waals surface area contributed by atoms with Crippen molar-refractivity contribution < 1.29 is 13.2 Å². The molecule has 0 unspecified atom stereocenters. The molecule has 0 saturated carbocycles. The highest BCUT2D eigenvalue weighted by Crippen LogP contribution is 2.30. The Kier molecular flexibility index (Phi) is 5.57. The molecule has 0 atom stereocenters. The number of fused-ring (bicyclic) bond motifs is 1. The van der Waals surface area contributed by atoms with Gasteiger partial charge in [0.1, 0.15) is 11.5 Å². The monoisotopic (exact) mass is 468 g/mol. The summed E-state index contributed by atoms with van der Waals surface area (Å²) in [4.78, 5) is 26.8. The number of aromatic amines is 1. The normalized spacial score (nSPS) is 18.6. The third-order valence-corrected chi connectivity index (χ3v) is 8.58. The molecule has 0 aromatic carbocycles. The molecule has 0 radical (unpaired) electrons. The number of rotatable bonds is 4. The Balaban J connectivity index is 1.21. The van der Waals surface area contributed by atoms with E-state index in [4.69, 9.17) is 0 Å². The Bertz CT molecular complexity index is 1310. The van der Waals surface area contributed by atoms with Crippen LogP contribution in [-0.4, -0.2) is 69.2 Å². The molecule has 10 heteroatoms. The summed E-state index contributed by atoms with van der Waals surface area (Å²) in [6.07, 6.45) is 9.28. The summed E-state index contributed by atoms with van der Waals surface area (Å²) in [5.41, 5.74) is 3.24. The van der Waals surface area contributed by atoms with Gasteiger partial charge in [0.2, 0.25) is 5.91 Å². The first kappa shape index (κ1) is 21.8. The summed E-state index contributed by atoms with van der Waals surface area (Å²) < 4.78 is 29.0. The van der Waals surface area contributed by atoms with Gasteiger partial charge in [0.05, 0.1) is 0 Å². The average molecular weight is 469 g/mol. The molecule has 1 fully saturated rings. The van der Waals surface area contributed by atoms with Crippen molar-refractivity contribution in [2.24, 2.45) is 13.0 Å². The molecule has 0 spiro atoms. The number of hydrogen-bond acceptors (Lipinski definition) is 5. The quantitative estimate of drug-likeness (QED) is 0.633. The Labute approximate surface area is 193 Å². The Hall–Kier alpha value is -2.98. The SMILES string of the molecule is Cc1nc(S(=O)(=O)N2CCC(C(=O)N3CC=C(c4c[nH]c5ncccc45)CC3)CC2)cn1C. The van der Waals surface area contributed by atoms with Crippen molar-refractivity contribution in [2.75, 3.05) is 26.2 Å². The van der Waals surface area contributed by atoms with Crippen LogP contribution in [0.25, 0.3) is 16.6 Å². The van der Waals surface area contributed by atoms with Crippen LogP contribution in [0, 0.1) is 12.8 Å². The number of aromatic nitrogens is 4. The van der Waals surface area contributed by atoms with E-state index in [9.17, 15) is 13.2 Å². The van der Waals surface area contributed by atoms with E-state index in [-0.39, 0.29) is 16.9 Å². The van der Waals surface area contributed by atoms with Crippen LogP contribution < -0.4 is 0 Å². The molecule has 2 aliphatic rings. The molecule has 33 heavy (non-hydrogen) atoms. The third-order valence-electron chi connectivity index (χ3n) is 6.81. The third kappa shape index (κ3) is 3.97. The molecule has 0 bridgehead atoms. The van der Waals surface area contributed by atoms with Crippen LogP contribution in [-0.2, 0) is 21.9 Å². The van der Waals surface area contributed by atoms with Gasteiger partial charge >= 0.3 is 0 Å². The number of H-pyrrole nitrogens is 1. The molecular weight excluding hydrogens is 440 g/mol. The fraction of sp³-hybridized carbons (Fsp3) is 0.435. The van der Waals surface area contributed by atoms with Crippen molar-refractivity contribution >= 4 is 32.5 Å². The molecule has 174 valence electrons. The topological polar surface area (TPSA) is 104 Å². The molecule has 1 saturated heterocycles. The molecule has 9 nitrogen and oxygen atoms in total. The lowest BCUT2D eigenvalue weighted by Gasteiger charge is -2.34. The zero-order chi connectivity index (χ0) is 23.2. The van der Waals surface area contributed by atoms with E-state index in [0.717, 1.165) is 23.0 Å². The second-order valence-electron chi connectivity index (χ2n) is 8.78. The molecule has 5 heterocycles. The Morgan fingerprint density at radius 1 is 1.21 bits per heavy atom. The summed E-state index contributed by atoms with van der Waals surface area (Å²) in [6.45, 7) is 3.70. The first-order chi connectivity index (χ1) is 15.8. The first-order valence-corrected chi connectivity index (χ1v) is 12.7. The van der Waals surface area contributed by atoms with Crippen LogP contribution in [0.4, 0.5) is 0 Å². The van der Waals surface area contributed by atoms with Crippen LogP contribution in [0.2, 0.25) is 0 Å². The fourth-order valence-corrected chi connectivity index (χ4v) is 6.21. The number of aryl methyl sites for hydroxylation is 2. The van der Waals surface area contributed by atoms with E-state index in [0.29, 0.717) is 44.8 Å². The van der Waals surface area contributed by atoms with Crippen molar-refractivity contribution in [3.63, 3.8) is 0 Å². The maximum absolute atomic E-state index is 13.1. The number of carbonyl (C=O) groups excluding carboxylic acids is 1. The lowest BCUT2D eigenvalue weighted by Crippen LogP contribution is -2.45. The molecule has 5 rings (SSSR count). The second-order valence-corrected chi connectivity index (χ2v) is 10.7. The summed E-state index contributed by atoms with van der Waals surface area (Å²) in [7, 11) is -1.85. The first-order valence-electron chi connectivity index (χ1n) is 11.2. The van der Waals surface area contributed by atoms with Crippen molar-refractivity contribution in [1.29, 1.82) is 0 Å². The van der Waals surface area contributed by atoms with Gasteiger partial charge in [0, 0.05) is 68.7 Å². The lowest BCUT2D eigenvalue weighted by molar-refractivity contribution is -0.136. The summed E-state index contributed by atoms with van der Waals surface area (Å²) in [5, 5.41) is 1.17. The smallest absolute Gasteiger partial charge is 0.262 e. The number of sulfonamides is 1. The highest BCUT2D eigenvalue weighted by Gasteiger charge is 2.35. The van der Waals surface area contributed by atoms with Crippen molar-refractivity contribution in [2.45, 2.75) is 31.2 Å². The zero-order valence-corrected chi connectivity index (χ0v) is 19.7. The molecular formula is C23H28N6O3S. The van der Waals surface area contributed by atoms with Crippen LogP contribution in [0.1, 0.15) is 30.7 Å². The van der Waals surface area contributed by atoms with E-state index in [1.807, 2.05) is 17.2 Å². The van der Waals surface area contributed by atoms with Gasteiger partial charge in [-0.2, -0.15) is 4.31 Å². The summed E-state index contributed by atoms with van der Waals surface area (Å²) in [6, 6.07) is 3.99. The van der Waals surface area contributed by atoms with E-state index in [1.54, 1.807) is 30.9 Å². The van der Waals surface area contributed by atoms with Gasteiger partial charge in [-0.1, -0.05) is 6.08 Å². The number of amides is 1. The van der Waals surface area contributed by atoms with Gasteiger partial charge in [-0.05, 0) is 43.9 Å². The predicted molar refractivity (Wildman–Crippen MR) is 125 cm³/mol. The molecule has 2 aliphatic heterocycles. The minimum atomic E-state index is -3.63. The molecule has 1 amide bonds. The van der Waals surface area contributed by atoms with Gasteiger partial charge in [-0.15, -0.1) is 0 Å². The molecule has 3 aromatic heterocycles. The summed E-state index contributed by atoms with van der Waals surface area (Å²) in [5.74, 6) is 0.630. The maximum atomic E-state index is 13.1. The van der Waals surface area contributed by atoms with Crippen molar-refractivity contribution in [3.8, 4) is 0 Å². The van der Waals surface area contributed by atoms with Gasteiger partial charge in [-0.25, -0.2) is 18.4 Å². The van der Waals surface area contributed by atoms with Crippen LogP contribution in [0.5, 0.6) is 0 Å². The van der Waals surface area contributed by atoms with Gasteiger partial charge in [0.25, 0.3) is 10.0 Å². The van der Waals surface area contributed by atoms with E-state index >= 15 is 0 Å². The fourth-order valence-electron chi connectivity index (χ4n) is 4.72. The number of nitrogens with one attached hydrogen (secondary N) is 1. The standard InChI is InChI=1S/C23H28N6O3S/c1-16-26-21(15-27(16)2)33(31,32)29-12-7-18(8-13-29)23(30)28-10-5-17(6-11-28)20-14-25-22-19(20)4-3-9-24-22/h3-5,9,14-15,18H,6-8,10-13H2,1-2H3,(H,24,25). The minimum absolute atomic E-state index is 0.0773. The van der Waals surface area contributed by atoms with Gasteiger partial charge in [0.15, 0.2) is 5.03 Å². The predicted octanol–water partition coefficient (Wildman–Crippen LogP) is 2.32. The van der Waals surface area contributed by atoms with Gasteiger partial charge < -0.3 is 14.5 Å². The van der Waals surface area contributed by atoms with Crippen LogP contribution >= 0.6 is 0 Å². The molecule has 1 N–H and O–H groups in total. The average Bonchev–Trinajstić information content (AvgIpc) is 3.42. The summed E-state index contributed by atoms with van der Waals surface area (Å²) >= 11 is 0. The molecule has 0 aliphatic carbocycles. The largest absolute Gasteiger partial charge is 0.346 e. The zero-order valence-electron chi connectivity index (χ0n) is 18.9. The highest BCUT2D eigenvalue weighted by atomic mass is 32.2. The maximum Gasteiger partial charge on any atom is 0.262 e. The second kappa shape index (κ2) is 8.42.